The molecule has 15 heavy (non-hydrogen) atoms. The van der Waals surface area contributed by atoms with Gasteiger partial charge in [-0.1, -0.05) is 0 Å². The first-order chi connectivity index (χ1) is 6.91. The standard InChI is InChI=1S/C9H11NO3S2/c1-5(11)8-6-2-3-15(12,13)4-7(6)14-9(8)10/h2-4,10H2,1H3. The van der Waals surface area contributed by atoms with E-state index in [9.17, 15) is 13.2 Å². The van der Waals surface area contributed by atoms with E-state index in [2.05, 4.69) is 0 Å². The summed E-state index contributed by atoms with van der Waals surface area (Å²) in [5, 5.41) is 0.449. The van der Waals surface area contributed by atoms with Gasteiger partial charge in [-0.25, -0.2) is 8.42 Å². The van der Waals surface area contributed by atoms with E-state index in [-0.39, 0.29) is 17.3 Å². The number of hydrogen-bond donors (Lipinski definition) is 1. The second-order valence-electron chi connectivity index (χ2n) is 3.64. The minimum Gasteiger partial charge on any atom is -0.390 e. The van der Waals surface area contributed by atoms with Crippen molar-refractivity contribution >= 4 is 32.0 Å². The second-order valence-corrected chi connectivity index (χ2v) is 6.96. The molecular weight excluding hydrogens is 234 g/mol. The maximum atomic E-state index is 11.4. The number of nitrogen functional groups attached to an aromatic ring is 1. The molecule has 1 aliphatic rings. The van der Waals surface area contributed by atoms with Gasteiger partial charge in [0, 0.05) is 4.88 Å². The van der Waals surface area contributed by atoms with Crippen molar-refractivity contribution in [2.45, 2.75) is 19.1 Å². The first kappa shape index (κ1) is 10.6. The van der Waals surface area contributed by atoms with Crippen molar-refractivity contribution in [2.24, 2.45) is 0 Å². The molecule has 0 fully saturated rings. The van der Waals surface area contributed by atoms with Crippen LogP contribution in [0, 0.1) is 0 Å². The van der Waals surface area contributed by atoms with Gasteiger partial charge in [-0.05, 0) is 18.9 Å². The summed E-state index contributed by atoms with van der Waals surface area (Å²) in [4.78, 5) is 12.1. The Hall–Kier alpha value is -0.880. The molecule has 0 radical (unpaired) electrons. The van der Waals surface area contributed by atoms with Gasteiger partial charge in [-0.15, -0.1) is 11.3 Å². The molecule has 0 unspecified atom stereocenters. The van der Waals surface area contributed by atoms with E-state index in [4.69, 9.17) is 5.73 Å². The molecule has 0 aromatic carbocycles. The van der Waals surface area contributed by atoms with Crippen molar-refractivity contribution in [2.75, 3.05) is 11.5 Å². The van der Waals surface area contributed by atoms with Crippen LogP contribution >= 0.6 is 11.3 Å². The molecule has 0 amide bonds. The van der Waals surface area contributed by atoms with Crippen LogP contribution in [0.4, 0.5) is 5.00 Å². The maximum Gasteiger partial charge on any atom is 0.163 e. The van der Waals surface area contributed by atoms with E-state index >= 15 is 0 Å². The largest absolute Gasteiger partial charge is 0.390 e. The van der Waals surface area contributed by atoms with Crippen LogP contribution in [0.1, 0.15) is 27.7 Å². The first-order valence-corrected chi connectivity index (χ1v) is 7.16. The van der Waals surface area contributed by atoms with Gasteiger partial charge >= 0.3 is 0 Å². The van der Waals surface area contributed by atoms with E-state index in [1.54, 1.807) is 0 Å². The number of rotatable bonds is 1. The molecule has 0 saturated carbocycles. The first-order valence-electron chi connectivity index (χ1n) is 4.52. The minimum atomic E-state index is -2.98. The van der Waals surface area contributed by atoms with Gasteiger partial charge in [0.1, 0.15) is 0 Å². The Morgan fingerprint density at radius 2 is 2.13 bits per heavy atom. The summed E-state index contributed by atoms with van der Waals surface area (Å²) in [6.45, 7) is 1.46. The van der Waals surface area contributed by atoms with Crippen molar-refractivity contribution in [3.8, 4) is 0 Å². The molecule has 1 aromatic heterocycles. The number of fused-ring (bicyclic) bond motifs is 1. The molecule has 2 N–H and O–H groups in total. The van der Waals surface area contributed by atoms with Crippen molar-refractivity contribution in [3.63, 3.8) is 0 Å². The number of ketones is 1. The molecular formula is C9H11NO3S2. The average Bonchev–Trinajstić information content (AvgIpc) is 2.37. The summed E-state index contributed by atoms with van der Waals surface area (Å²) in [5.74, 6) is 0.0743. The zero-order chi connectivity index (χ0) is 11.2. The van der Waals surface area contributed by atoms with Gasteiger partial charge in [0.25, 0.3) is 0 Å². The van der Waals surface area contributed by atoms with Crippen LogP contribution in [0.5, 0.6) is 0 Å². The van der Waals surface area contributed by atoms with Gasteiger partial charge in [0.05, 0.1) is 22.1 Å². The smallest absolute Gasteiger partial charge is 0.163 e. The number of hydrogen-bond acceptors (Lipinski definition) is 5. The number of carbonyl (C=O) groups is 1. The number of anilines is 1. The van der Waals surface area contributed by atoms with Crippen molar-refractivity contribution in [1.82, 2.24) is 0 Å². The third-order valence-corrected chi connectivity index (χ3v) is 5.28. The minimum absolute atomic E-state index is 0.0322. The van der Waals surface area contributed by atoms with Crippen LogP contribution in [0.2, 0.25) is 0 Å². The van der Waals surface area contributed by atoms with Crippen LogP contribution < -0.4 is 5.73 Å². The summed E-state index contributed by atoms with van der Waals surface area (Å²) < 4.78 is 22.8. The highest BCUT2D eigenvalue weighted by atomic mass is 32.2. The van der Waals surface area contributed by atoms with Crippen LogP contribution in [0.25, 0.3) is 0 Å². The Kier molecular flexibility index (Phi) is 2.35. The molecule has 6 heteroatoms. The average molecular weight is 245 g/mol. The second kappa shape index (κ2) is 3.31. The summed E-state index contributed by atoms with van der Waals surface area (Å²) in [7, 11) is -2.98. The third-order valence-electron chi connectivity index (χ3n) is 2.48. The number of thiophene rings is 1. The SMILES string of the molecule is CC(=O)c1c(N)sc2c1CCS(=O)(=O)C2. The Morgan fingerprint density at radius 1 is 1.47 bits per heavy atom. The molecule has 4 nitrogen and oxygen atoms in total. The normalized spacial score (nSPS) is 18.5. The molecule has 2 heterocycles. The lowest BCUT2D eigenvalue weighted by atomic mass is 10.1. The Labute approximate surface area is 92.0 Å². The third kappa shape index (κ3) is 1.79. The Bertz CT molecular complexity index is 528. The van der Waals surface area contributed by atoms with E-state index in [0.29, 0.717) is 17.0 Å². The molecule has 1 aliphatic heterocycles. The maximum absolute atomic E-state index is 11.4. The number of Topliss-reactive ketones (excluding diaryl/α,β-unsaturated/α-hetero) is 1. The highest BCUT2D eigenvalue weighted by Crippen LogP contribution is 2.36. The van der Waals surface area contributed by atoms with Gasteiger partial charge in [0.15, 0.2) is 15.6 Å². The molecule has 0 spiro atoms. The summed E-state index contributed by atoms with van der Waals surface area (Å²) in [5.41, 5.74) is 7.09. The van der Waals surface area contributed by atoms with Crippen LogP contribution in [-0.4, -0.2) is 20.0 Å². The molecule has 0 saturated heterocycles. The molecule has 2 rings (SSSR count). The van der Waals surface area contributed by atoms with E-state index < -0.39 is 9.84 Å². The van der Waals surface area contributed by atoms with Gasteiger partial charge in [-0.3, -0.25) is 4.79 Å². The van der Waals surface area contributed by atoms with Crippen LogP contribution in [-0.2, 0) is 22.0 Å². The molecule has 0 bridgehead atoms. The summed E-state index contributed by atoms with van der Waals surface area (Å²) >= 11 is 1.23. The fourth-order valence-electron chi connectivity index (χ4n) is 1.83. The highest BCUT2D eigenvalue weighted by Gasteiger charge is 2.28. The number of sulfone groups is 1. The van der Waals surface area contributed by atoms with Gasteiger partial charge in [0.2, 0.25) is 0 Å². The van der Waals surface area contributed by atoms with Crippen LogP contribution in [0.3, 0.4) is 0 Å². The van der Waals surface area contributed by atoms with E-state index in [0.717, 1.165) is 10.4 Å². The topological polar surface area (TPSA) is 77.2 Å². The zero-order valence-corrected chi connectivity index (χ0v) is 9.87. The highest BCUT2D eigenvalue weighted by molar-refractivity contribution is 7.90. The number of carbonyl (C=O) groups excluding carboxylic acids is 1. The fraction of sp³-hybridized carbons (Fsp3) is 0.444. The Balaban J connectivity index is 2.58. The molecule has 0 aliphatic carbocycles. The van der Waals surface area contributed by atoms with E-state index in [1.165, 1.54) is 18.3 Å². The zero-order valence-electron chi connectivity index (χ0n) is 8.24. The lowest BCUT2D eigenvalue weighted by molar-refractivity contribution is 0.101. The fourth-order valence-corrected chi connectivity index (χ4v) is 4.80. The van der Waals surface area contributed by atoms with Crippen molar-refractivity contribution < 1.29 is 13.2 Å². The number of nitrogens with two attached hydrogens (primary N) is 1. The molecule has 1 aromatic rings. The van der Waals surface area contributed by atoms with Crippen molar-refractivity contribution in [3.05, 3.63) is 16.0 Å². The van der Waals surface area contributed by atoms with Gasteiger partial charge < -0.3 is 5.73 Å². The molecule has 0 atom stereocenters. The summed E-state index contributed by atoms with van der Waals surface area (Å²) in [6, 6.07) is 0. The van der Waals surface area contributed by atoms with Crippen molar-refractivity contribution in [1.29, 1.82) is 0 Å². The Morgan fingerprint density at radius 3 is 2.73 bits per heavy atom. The monoisotopic (exact) mass is 245 g/mol. The predicted octanol–water partition coefficient (Wildman–Crippen LogP) is 1.00. The lowest BCUT2D eigenvalue weighted by Crippen LogP contribution is -2.18. The summed E-state index contributed by atoms with van der Waals surface area (Å²) in [6.07, 6.45) is 0.417. The lowest BCUT2D eigenvalue weighted by Gasteiger charge is -2.12. The predicted molar refractivity (Wildman–Crippen MR) is 59.9 cm³/mol. The van der Waals surface area contributed by atoms with Crippen LogP contribution in [0.15, 0.2) is 0 Å². The van der Waals surface area contributed by atoms with E-state index in [1.807, 2.05) is 0 Å². The quantitative estimate of drug-likeness (QED) is 0.749. The molecule has 82 valence electrons. The van der Waals surface area contributed by atoms with Gasteiger partial charge in [-0.2, -0.15) is 0 Å².